The van der Waals surface area contributed by atoms with Gasteiger partial charge in [-0.1, -0.05) is 6.92 Å². The van der Waals surface area contributed by atoms with Crippen molar-refractivity contribution in [1.29, 1.82) is 0 Å². The van der Waals surface area contributed by atoms with E-state index in [0.29, 0.717) is 18.8 Å². The smallest absolute Gasteiger partial charge is 0.329 e. The first-order valence-corrected chi connectivity index (χ1v) is 6.77. The van der Waals surface area contributed by atoms with Crippen LogP contribution in [0.15, 0.2) is 0 Å². The molecule has 2 N–H and O–H groups in total. The Hall–Kier alpha value is -1.26. The minimum absolute atomic E-state index is 0.194. The molecule has 2 atom stereocenters. The molecule has 5 nitrogen and oxygen atoms in total. The van der Waals surface area contributed by atoms with Crippen LogP contribution in [0.5, 0.6) is 0 Å². The number of carbonyl (C=O) groups excluding carboxylic acids is 1. The van der Waals surface area contributed by atoms with E-state index < -0.39 is 11.5 Å². The van der Waals surface area contributed by atoms with Crippen LogP contribution in [0.2, 0.25) is 0 Å². The number of piperidine rings is 1. The summed E-state index contributed by atoms with van der Waals surface area (Å²) in [5.74, 6) is -0.263. The summed E-state index contributed by atoms with van der Waals surface area (Å²) >= 11 is 0. The number of nitrogens with one attached hydrogen (secondary N) is 1. The number of rotatable bonds is 2. The number of carboxylic acid groups (broad SMARTS) is 1. The average molecular weight is 254 g/mol. The van der Waals surface area contributed by atoms with Crippen LogP contribution in [0.4, 0.5) is 4.79 Å². The summed E-state index contributed by atoms with van der Waals surface area (Å²) < 4.78 is 0. The van der Waals surface area contributed by atoms with E-state index in [0.717, 1.165) is 25.8 Å². The molecule has 5 heteroatoms. The van der Waals surface area contributed by atoms with Crippen LogP contribution in [0.25, 0.3) is 0 Å². The zero-order chi connectivity index (χ0) is 13.3. The number of carboxylic acids is 1. The maximum atomic E-state index is 12.2. The Bertz CT molecular complexity index is 352. The average Bonchev–Trinajstić information content (AvgIpc) is 2.22. The molecular formula is C13H22N2O3. The Kier molecular flexibility index (Phi) is 3.50. The number of hydrogen-bond acceptors (Lipinski definition) is 2. The van der Waals surface area contributed by atoms with Gasteiger partial charge in [0, 0.05) is 12.6 Å². The van der Waals surface area contributed by atoms with Crippen molar-refractivity contribution in [3.05, 3.63) is 0 Å². The van der Waals surface area contributed by atoms with Crippen molar-refractivity contribution < 1.29 is 14.7 Å². The van der Waals surface area contributed by atoms with Crippen LogP contribution in [-0.2, 0) is 4.79 Å². The molecule has 1 aliphatic carbocycles. The van der Waals surface area contributed by atoms with E-state index in [1.54, 1.807) is 4.90 Å². The fourth-order valence-corrected chi connectivity index (χ4v) is 2.91. The van der Waals surface area contributed by atoms with Gasteiger partial charge in [0.05, 0.1) is 0 Å². The van der Waals surface area contributed by atoms with Gasteiger partial charge in [-0.05, 0) is 44.9 Å². The molecular weight excluding hydrogens is 232 g/mol. The molecule has 0 bridgehead atoms. The number of amides is 2. The minimum Gasteiger partial charge on any atom is -0.480 e. The first kappa shape index (κ1) is 13.2. The second-order valence-electron chi connectivity index (χ2n) is 5.84. The molecule has 0 aromatic rings. The fourth-order valence-electron chi connectivity index (χ4n) is 2.91. The predicted molar refractivity (Wildman–Crippen MR) is 67.3 cm³/mol. The van der Waals surface area contributed by atoms with Gasteiger partial charge in [0.25, 0.3) is 0 Å². The summed E-state index contributed by atoms with van der Waals surface area (Å²) in [6.07, 6.45) is 3.96. The van der Waals surface area contributed by atoms with Crippen molar-refractivity contribution in [3.8, 4) is 0 Å². The fraction of sp³-hybridized carbons (Fsp3) is 0.846. The summed E-state index contributed by atoms with van der Waals surface area (Å²) in [4.78, 5) is 25.2. The zero-order valence-corrected chi connectivity index (χ0v) is 11.1. The van der Waals surface area contributed by atoms with Crippen molar-refractivity contribution in [3.63, 3.8) is 0 Å². The van der Waals surface area contributed by atoms with E-state index in [-0.39, 0.29) is 12.1 Å². The molecule has 2 amide bonds. The maximum Gasteiger partial charge on any atom is 0.329 e. The van der Waals surface area contributed by atoms with Crippen LogP contribution >= 0.6 is 0 Å². The first-order valence-electron chi connectivity index (χ1n) is 6.77. The summed E-state index contributed by atoms with van der Waals surface area (Å²) in [5.41, 5.74) is -1.00. The first-order chi connectivity index (χ1) is 8.44. The van der Waals surface area contributed by atoms with E-state index >= 15 is 0 Å². The van der Waals surface area contributed by atoms with Gasteiger partial charge >= 0.3 is 12.0 Å². The molecule has 2 unspecified atom stereocenters. The van der Waals surface area contributed by atoms with E-state index in [9.17, 15) is 14.7 Å². The van der Waals surface area contributed by atoms with Crippen molar-refractivity contribution in [2.45, 2.75) is 57.5 Å². The maximum absolute atomic E-state index is 12.2. The monoisotopic (exact) mass is 254 g/mol. The van der Waals surface area contributed by atoms with Crippen molar-refractivity contribution >= 4 is 12.0 Å². The van der Waals surface area contributed by atoms with Crippen molar-refractivity contribution in [2.75, 3.05) is 6.54 Å². The van der Waals surface area contributed by atoms with Gasteiger partial charge in [-0.3, -0.25) is 0 Å². The summed E-state index contributed by atoms with van der Waals surface area (Å²) in [6, 6.07) is -0.0174. The molecule has 18 heavy (non-hydrogen) atoms. The number of nitrogens with zero attached hydrogens (tertiary/aromatic N) is 1. The highest BCUT2D eigenvalue weighted by Crippen LogP contribution is 2.32. The number of carbonyl (C=O) groups is 2. The Morgan fingerprint density at radius 2 is 2.00 bits per heavy atom. The summed E-state index contributed by atoms with van der Waals surface area (Å²) in [6.45, 7) is 4.95. The lowest BCUT2D eigenvalue weighted by Crippen LogP contribution is -2.63. The molecule has 1 aliphatic heterocycles. The topological polar surface area (TPSA) is 69.6 Å². The molecule has 102 valence electrons. The molecule has 2 fully saturated rings. The standard InChI is InChI=1S/C13H22N2O3/c1-9-4-7-15(10(2)8-9)12(18)14-13(11(16)17)5-3-6-13/h9-10H,3-8H2,1-2H3,(H,14,18)(H,16,17). The van der Waals surface area contributed by atoms with E-state index in [2.05, 4.69) is 12.2 Å². The highest BCUT2D eigenvalue weighted by atomic mass is 16.4. The SMILES string of the molecule is CC1CCN(C(=O)NC2(C(=O)O)CCC2)C(C)C1. The second kappa shape index (κ2) is 4.78. The normalized spacial score (nSPS) is 30.4. The molecule has 0 radical (unpaired) electrons. The molecule has 2 aliphatic rings. The van der Waals surface area contributed by atoms with Gasteiger partial charge in [0.2, 0.25) is 0 Å². The van der Waals surface area contributed by atoms with Gasteiger partial charge in [-0.25, -0.2) is 9.59 Å². The molecule has 1 saturated heterocycles. The van der Waals surface area contributed by atoms with E-state index in [1.807, 2.05) is 6.92 Å². The van der Waals surface area contributed by atoms with Gasteiger partial charge in [0.1, 0.15) is 5.54 Å². The van der Waals surface area contributed by atoms with Gasteiger partial charge in [-0.15, -0.1) is 0 Å². The largest absolute Gasteiger partial charge is 0.480 e. The van der Waals surface area contributed by atoms with Gasteiger partial charge in [-0.2, -0.15) is 0 Å². The Balaban J connectivity index is 1.97. The number of aliphatic carboxylic acids is 1. The molecule has 2 rings (SSSR count). The van der Waals surface area contributed by atoms with Crippen molar-refractivity contribution in [1.82, 2.24) is 10.2 Å². The van der Waals surface area contributed by atoms with Crippen molar-refractivity contribution in [2.24, 2.45) is 5.92 Å². The molecule has 1 saturated carbocycles. The third-order valence-corrected chi connectivity index (χ3v) is 4.36. The lowest BCUT2D eigenvalue weighted by Gasteiger charge is -2.42. The summed E-state index contributed by atoms with van der Waals surface area (Å²) in [7, 11) is 0. The minimum atomic E-state index is -1.00. The van der Waals surface area contributed by atoms with E-state index in [4.69, 9.17) is 0 Å². The second-order valence-corrected chi connectivity index (χ2v) is 5.84. The molecule has 0 aromatic heterocycles. The highest BCUT2D eigenvalue weighted by Gasteiger charge is 2.46. The van der Waals surface area contributed by atoms with Crippen LogP contribution in [-0.4, -0.2) is 40.1 Å². The van der Waals surface area contributed by atoms with Gasteiger partial charge in [0.15, 0.2) is 0 Å². The third kappa shape index (κ3) is 2.31. The Labute approximate surface area is 108 Å². The number of urea groups is 1. The Morgan fingerprint density at radius 1 is 1.33 bits per heavy atom. The Morgan fingerprint density at radius 3 is 2.44 bits per heavy atom. The van der Waals surface area contributed by atoms with Crippen LogP contribution in [0, 0.1) is 5.92 Å². The summed E-state index contributed by atoms with van der Waals surface area (Å²) in [5, 5.41) is 11.9. The zero-order valence-electron chi connectivity index (χ0n) is 11.1. The quantitative estimate of drug-likeness (QED) is 0.789. The number of likely N-dealkylation sites (tertiary alicyclic amines) is 1. The lowest BCUT2D eigenvalue weighted by molar-refractivity contribution is -0.148. The van der Waals surface area contributed by atoms with Crippen LogP contribution < -0.4 is 5.32 Å². The highest BCUT2D eigenvalue weighted by molar-refractivity contribution is 5.87. The molecule has 1 heterocycles. The third-order valence-electron chi connectivity index (χ3n) is 4.36. The van der Waals surface area contributed by atoms with Crippen LogP contribution in [0.3, 0.4) is 0 Å². The van der Waals surface area contributed by atoms with Gasteiger partial charge < -0.3 is 15.3 Å². The molecule has 0 spiro atoms. The van der Waals surface area contributed by atoms with Crippen LogP contribution in [0.1, 0.15) is 46.0 Å². The lowest BCUT2D eigenvalue weighted by atomic mass is 9.77. The molecule has 0 aromatic carbocycles. The number of hydrogen-bond donors (Lipinski definition) is 2. The van der Waals surface area contributed by atoms with E-state index in [1.165, 1.54) is 0 Å². The predicted octanol–water partition coefficient (Wildman–Crippen LogP) is 1.82.